The van der Waals surface area contributed by atoms with Gasteiger partial charge in [-0.15, -0.1) is 0 Å². The Balaban J connectivity index is 1.79. The van der Waals surface area contributed by atoms with E-state index < -0.39 is 17.6 Å². The third-order valence-corrected chi connectivity index (χ3v) is 4.62. The number of halogens is 4. The van der Waals surface area contributed by atoms with E-state index in [9.17, 15) is 17.6 Å². The quantitative estimate of drug-likeness (QED) is 0.585. The fourth-order valence-electron chi connectivity index (χ4n) is 3.37. The molecule has 0 aromatic heterocycles. The summed E-state index contributed by atoms with van der Waals surface area (Å²) >= 11 is 0. The molecule has 0 saturated carbocycles. The highest BCUT2D eigenvalue weighted by Crippen LogP contribution is 2.35. The first kappa shape index (κ1) is 14.6. The van der Waals surface area contributed by atoms with E-state index >= 15 is 0 Å². The van der Waals surface area contributed by atoms with Gasteiger partial charge in [-0.2, -0.15) is 13.2 Å². The Kier molecular flexibility index (Phi) is 3.56. The van der Waals surface area contributed by atoms with Crippen LogP contribution in [0.5, 0.6) is 0 Å². The van der Waals surface area contributed by atoms with E-state index in [-0.39, 0.29) is 0 Å². The molecule has 0 amide bonds. The Hall–Kier alpha value is -1.36. The van der Waals surface area contributed by atoms with Crippen LogP contribution < -0.4 is 0 Å². The molecule has 5 heteroatoms. The molecule has 21 heavy (non-hydrogen) atoms. The van der Waals surface area contributed by atoms with Crippen LogP contribution in [0.15, 0.2) is 29.8 Å². The van der Waals surface area contributed by atoms with E-state index in [0.29, 0.717) is 30.1 Å². The SMILES string of the molecule is CN1C2C=C(Cc3ccc(C(F)(F)F)cc3F)CC1CC2. The summed E-state index contributed by atoms with van der Waals surface area (Å²) in [7, 11) is 2.09. The van der Waals surface area contributed by atoms with Crippen molar-refractivity contribution < 1.29 is 17.6 Å². The molecule has 2 aliphatic heterocycles. The van der Waals surface area contributed by atoms with Gasteiger partial charge in [-0.3, -0.25) is 4.90 Å². The average Bonchev–Trinajstić information content (AvgIpc) is 2.62. The maximum absolute atomic E-state index is 13.9. The van der Waals surface area contributed by atoms with Crippen molar-refractivity contribution >= 4 is 0 Å². The molecule has 2 heterocycles. The number of likely N-dealkylation sites (N-methyl/N-ethyl adjacent to an activating group) is 1. The molecule has 2 bridgehead atoms. The van der Waals surface area contributed by atoms with Gasteiger partial charge in [0.2, 0.25) is 0 Å². The van der Waals surface area contributed by atoms with Gasteiger partial charge in [-0.25, -0.2) is 4.39 Å². The summed E-state index contributed by atoms with van der Waals surface area (Å²) in [5.74, 6) is -0.767. The molecule has 2 unspecified atom stereocenters. The molecule has 1 fully saturated rings. The first-order chi connectivity index (χ1) is 9.84. The molecule has 0 aliphatic carbocycles. The second kappa shape index (κ2) is 5.13. The highest BCUT2D eigenvalue weighted by molar-refractivity contribution is 5.31. The van der Waals surface area contributed by atoms with Gasteiger partial charge >= 0.3 is 6.18 Å². The van der Waals surface area contributed by atoms with Crippen LogP contribution >= 0.6 is 0 Å². The van der Waals surface area contributed by atoms with Gasteiger partial charge in [0.15, 0.2) is 0 Å². The lowest BCUT2D eigenvalue weighted by atomic mass is 9.94. The van der Waals surface area contributed by atoms with Crippen LogP contribution in [-0.2, 0) is 12.6 Å². The zero-order valence-corrected chi connectivity index (χ0v) is 11.8. The van der Waals surface area contributed by atoms with Crippen LogP contribution in [-0.4, -0.2) is 24.0 Å². The van der Waals surface area contributed by atoms with Crippen LogP contribution in [0.4, 0.5) is 17.6 Å². The van der Waals surface area contributed by atoms with Crippen molar-refractivity contribution in [1.29, 1.82) is 0 Å². The van der Waals surface area contributed by atoms with Gasteiger partial charge in [0, 0.05) is 12.1 Å². The number of hydrogen-bond acceptors (Lipinski definition) is 1. The molecule has 0 spiro atoms. The highest BCUT2D eigenvalue weighted by Gasteiger charge is 2.34. The number of rotatable bonds is 2. The monoisotopic (exact) mass is 299 g/mol. The van der Waals surface area contributed by atoms with E-state index in [4.69, 9.17) is 0 Å². The van der Waals surface area contributed by atoms with Gasteiger partial charge in [0.05, 0.1) is 5.56 Å². The fraction of sp³-hybridized carbons (Fsp3) is 0.500. The van der Waals surface area contributed by atoms with Crippen molar-refractivity contribution in [3.05, 3.63) is 46.8 Å². The summed E-state index contributed by atoms with van der Waals surface area (Å²) in [6.45, 7) is 0. The smallest absolute Gasteiger partial charge is 0.297 e. The number of fused-ring (bicyclic) bond motifs is 2. The molecule has 0 N–H and O–H groups in total. The van der Waals surface area contributed by atoms with Crippen LogP contribution in [0.1, 0.15) is 30.4 Å². The molecular weight excluding hydrogens is 282 g/mol. The molecule has 0 radical (unpaired) electrons. The Labute approximate surface area is 121 Å². The Morgan fingerprint density at radius 2 is 2.00 bits per heavy atom. The molecule has 114 valence electrons. The highest BCUT2D eigenvalue weighted by atomic mass is 19.4. The Morgan fingerprint density at radius 3 is 2.62 bits per heavy atom. The number of nitrogens with zero attached hydrogens (tertiary/aromatic N) is 1. The normalized spacial score (nSPS) is 26.0. The van der Waals surface area contributed by atoms with Gasteiger partial charge in [-0.05, 0) is 50.4 Å². The minimum absolute atomic E-state index is 0.346. The van der Waals surface area contributed by atoms with Crippen LogP contribution in [0, 0.1) is 5.82 Å². The van der Waals surface area contributed by atoms with E-state index in [1.54, 1.807) is 0 Å². The van der Waals surface area contributed by atoms with Crippen molar-refractivity contribution in [2.45, 2.75) is 43.9 Å². The maximum atomic E-state index is 13.9. The summed E-state index contributed by atoms with van der Waals surface area (Å²) in [5, 5.41) is 0. The minimum Gasteiger partial charge on any atom is -0.297 e. The maximum Gasteiger partial charge on any atom is 0.416 e. The largest absolute Gasteiger partial charge is 0.416 e. The molecule has 1 nitrogen and oxygen atoms in total. The first-order valence-electron chi connectivity index (χ1n) is 7.11. The number of hydrogen-bond donors (Lipinski definition) is 0. The van der Waals surface area contributed by atoms with Gasteiger partial charge in [0.25, 0.3) is 0 Å². The predicted octanol–water partition coefficient (Wildman–Crippen LogP) is 4.18. The second-order valence-electron chi connectivity index (χ2n) is 5.97. The van der Waals surface area contributed by atoms with Gasteiger partial charge in [-0.1, -0.05) is 17.7 Å². The molecule has 1 aromatic rings. The standard InChI is InChI=1S/C16H17F4N/c1-21-13-4-5-14(21)8-10(7-13)6-11-2-3-12(9-15(11)17)16(18,19)20/h2-3,7,9,13-14H,4-6,8H2,1H3. The third-order valence-electron chi connectivity index (χ3n) is 4.62. The van der Waals surface area contributed by atoms with Crippen molar-refractivity contribution in [3.63, 3.8) is 0 Å². The average molecular weight is 299 g/mol. The lowest BCUT2D eigenvalue weighted by Crippen LogP contribution is -2.35. The first-order valence-corrected chi connectivity index (χ1v) is 7.11. The number of benzene rings is 1. The van der Waals surface area contributed by atoms with Crippen molar-refractivity contribution in [2.75, 3.05) is 7.05 Å². The Morgan fingerprint density at radius 1 is 1.24 bits per heavy atom. The van der Waals surface area contributed by atoms with E-state index in [1.165, 1.54) is 6.07 Å². The van der Waals surface area contributed by atoms with Crippen LogP contribution in [0.3, 0.4) is 0 Å². The van der Waals surface area contributed by atoms with Crippen molar-refractivity contribution in [1.82, 2.24) is 4.90 Å². The summed E-state index contributed by atoms with van der Waals surface area (Å²) in [6, 6.07) is 3.71. The summed E-state index contributed by atoms with van der Waals surface area (Å²) in [6.07, 6.45) is 1.20. The van der Waals surface area contributed by atoms with Gasteiger partial charge in [0.1, 0.15) is 5.82 Å². The lowest BCUT2D eigenvalue weighted by Gasteiger charge is -2.30. The molecule has 2 aliphatic rings. The zero-order chi connectivity index (χ0) is 15.2. The van der Waals surface area contributed by atoms with E-state index in [1.807, 2.05) is 0 Å². The second-order valence-corrected chi connectivity index (χ2v) is 5.97. The van der Waals surface area contributed by atoms with E-state index in [2.05, 4.69) is 18.0 Å². The molecule has 2 atom stereocenters. The van der Waals surface area contributed by atoms with Crippen LogP contribution in [0.25, 0.3) is 0 Å². The van der Waals surface area contributed by atoms with E-state index in [0.717, 1.165) is 30.9 Å². The molecule has 1 saturated heterocycles. The summed E-state index contributed by atoms with van der Waals surface area (Å²) < 4.78 is 51.5. The zero-order valence-electron chi connectivity index (χ0n) is 11.8. The van der Waals surface area contributed by atoms with Crippen molar-refractivity contribution in [2.24, 2.45) is 0 Å². The van der Waals surface area contributed by atoms with Crippen LogP contribution in [0.2, 0.25) is 0 Å². The third kappa shape index (κ3) is 2.84. The van der Waals surface area contributed by atoms with Gasteiger partial charge < -0.3 is 0 Å². The summed E-state index contributed by atoms with van der Waals surface area (Å²) in [4.78, 5) is 2.33. The number of alkyl halides is 3. The Bertz CT molecular complexity index is 576. The topological polar surface area (TPSA) is 3.24 Å². The molecular formula is C16H17F4N. The molecule has 3 rings (SSSR count). The molecule has 1 aromatic carbocycles. The lowest BCUT2D eigenvalue weighted by molar-refractivity contribution is -0.137. The minimum atomic E-state index is -4.49. The summed E-state index contributed by atoms with van der Waals surface area (Å²) in [5.41, 5.74) is 0.554. The van der Waals surface area contributed by atoms with Crippen molar-refractivity contribution in [3.8, 4) is 0 Å². The predicted molar refractivity (Wildman–Crippen MR) is 72.4 cm³/mol. The fourth-order valence-corrected chi connectivity index (χ4v) is 3.37.